The molecule has 3 rings (SSSR count). The van der Waals surface area contributed by atoms with Crippen molar-refractivity contribution in [2.75, 3.05) is 48.6 Å². The number of hydrogen-bond acceptors (Lipinski definition) is 11. The van der Waals surface area contributed by atoms with Crippen LogP contribution in [-0.4, -0.2) is 135 Å². The van der Waals surface area contributed by atoms with E-state index < -0.39 is 54.2 Å². The van der Waals surface area contributed by atoms with Crippen LogP contribution in [0.1, 0.15) is 104 Å². The summed E-state index contributed by atoms with van der Waals surface area (Å²) in [6.07, 6.45) is 1.18. The molecule has 1 N–H and O–H groups in total. The molecule has 0 radical (unpaired) electrons. The SMILES string of the molecule is CCOC(=O)Cc1cccc(CN(C)[C@H](C(=O)C[C@H](C(=O)N(C)[C@@H]([C@@H](C)CC)[C@@H](CC(=O)N2CCC[C@H]2[C@H](OC)[C@@H](C)C(=O)N[C@@H](Cc2ccccc2)C(=O)OC)OC)C(C)C)C(C)C)c1. The maximum Gasteiger partial charge on any atom is 0.328 e. The van der Waals surface area contributed by atoms with Gasteiger partial charge < -0.3 is 34.1 Å². The number of likely N-dealkylation sites (N-methyl/N-ethyl adjacent to an activating group) is 2. The third-order valence-corrected chi connectivity index (χ3v) is 13.4. The molecule has 1 aliphatic rings. The third-order valence-electron chi connectivity index (χ3n) is 13.4. The van der Waals surface area contributed by atoms with Crippen molar-refractivity contribution >= 4 is 35.4 Å². The van der Waals surface area contributed by atoms with Crippen molar-refractivity contribution in [3.63, 3.8) is 0 Å². The summed E-state index contributed by atoms with van der Waals surface area (Å²) in [6.45, 7) is 16.8. The van der Waals surface area contributed by atoms with Gasteiger partial charge in [0.25, 0.3) is 0 Å². The molecule has 1 aliphatic heterocycles. The summed E-state index contributed by atoms with van der Waals surface area (Å²) in [6, 6.07) is 14.8. The van der Waals surface area contributed by atoms with Crippen LogP contribution in [0, 0.1) is 29.6 Å². The normalized spacial score (nSPS) is 17.6. The Bertz CT molecular complexity index is 1870. The van der Waals surface area contributed by atoms with E-state index in [1.807, 2.05) is 108 Å². The van der Waals surface area contributed by atoms with Crippen LogP contribution in [0.5, 0.6) is 0 Å². The Hall–Kier alpha value is -4.66. The summed E-state index contributed by atoms with van der Waals surface area (Å²) in [4.78, 5) is 87.7. The number of rotatable bonds is 27. The number of benzene rings is 2. The second kappa shape index (κ2) is 27.2. The fourth-order valence-electron chi connectivity index (χ4n) is 9.73. The number of nitrogens with zero attached hydrogens (tertiary/aromatic N) is 3. The summed E-state index contributed by atoms with van der Waals surface area (Å²) >= 11 is 0. The summed E-state index contributed by atoms with van der Waals surface area (Å²) in [7, 11) is 8.05. The molecule has 0 aliphatic carbocycles. The van der Waals surface area contributed by atoms with E-state index in [4.69, 9.17) is 18.9 Å². The molecule has 66 heavy (non-hydrogen) atoms. The van der Waals surface area contributed by atoms with Gasteiger partial charge in [-0.1, -0.05) is 109 Å². The minimum atomic E-state index is -0.906. The number of amides is 3. The van der Waals surface area contributed by atoms with Gasteiger partial charge in [-0.05, 0) is 61.3 Å². The van der Waals surface area contributed by atoms with Gasteiger partial charge in [0.2, 0.25) is 17.7 Å². The Balaban J connectivity index is 1.78. The quantitative estimate of drug-likeness (QED) is 0.100. The molecular weight excluding hydrogens is 841 g/mol. The lowest BCUT2D eigenvalue weighted by molar-refractivity contribution is -0.150. The van der Waals surface area contributed by atoms with Gasteiger partial charge in [0, 0.05) is 53.1 Å². The van der Waals surface area contributed by atoms with E-state index in [2.05, 4.69) is 5.32 Å². The molecule has 9 atom stereocenters. The first-order chi connectivity index (χ1) is 31.3. The number of hydrogen-bond donors (Lipinski definition) is 1. The fourth-order valence-corrected chi connectivity index (χ4v) is 9.73. The molecule has 14 heteroatoms. The molecule has 2 aromatic rings. The third kappa shape index (κ3) is 15.4. The fraction of sp³-hybridized carbons (Fsp3) is 0.654. The molecule has 14 nitrogen and oxygen atoms in total. The highest BCUT2D eigenvalue weighted by Crippen LogP contribution is 2.31. The summed E-state index contributed by atoms with van der Waals surface area (Å²) in [5.74, 6) is -3.19. The predicted octanol–water partition coefficient (Wildman–Crippen LogP) is 6.30. The van der Waals surface area contributed by atoms with Crippen LogP contribution in [0.3, 0.4) is 0 Å². The Morgan fingerprint density at radius 3 is 2.05 bits per heavy atom. The number of methoxy groups -OCH3 is 3. The topological polar surface area (TPSA) is 161 Å². The van der Waals surface area contributed by atoms with E-state index in [0.29, 0.717) is 39.0 Å². The molecule has 0 aromatic heterocycles. The van der Waals surface area contributed by atoms with E-state index in [9.17, 15) is 28.8 Å². The molecule has 3 amide bonds. The van der Waals surface area contributed by atoms with E-state index in [1.165, 1.54) is 14.2 Å². The number of ketones is 1. The number of likely N-dealkylation sites (tertiary alicyclic amines) is 1. The number of carbonyl (C=O) groups is 6. The highest BCUT2D eigenvalue weighted by Gasteiger charge is 2.43. The number of nitrogens with one attached hydrogen (secondary N) is 1. The Kier molecular flexibility index (Phi) is 23.0. The minimum absolute atomic E-state index is 0.00931. The van der Waals surface area contributed by atoms with Gasteiger partial charge in [-0.2, -0.15) is 0 Å². The van der Waals surface area contributed by atoms with Crippen molar-refractivity contribution in [1.82, 2.24) is 20.0 Å². The first kappa shape index (κ1) is 55.7. The predicted molar refractivity (Wildman–Crippen MR) is 255 cm³/mol. The molecule has 0 bridgehead atoms. The number of esters is 2. The summed E-state index contributed by atoms with van der Waals surface area (Å²) in [5.41, 5.74) is 2.67. The van der Waals surface area contributed by atoms with E-state index in [0.717, 1.165) is 16.7 Å². The van der Waals surface area contributed by atoms with Crippen molar-refractivity contribution in [3.05, 3.63) is 71.3 Å². The zero-order chi connectivity index (χ0) is 49.2. The second-order valence-corrected chi connectivity index (χ2v) is 18.8. The van der Waals surface area contributed by atoms with Crippen molar-refractivity contribution in [2.45, 2.75) is 143 Å². The number of ether oxygens (including phenoxy) is 4. The van der Waals surface area contributed by atoms with Crippen molar-refractivity contribution < 1.29 is 47.7 Å². The first-order valence-electron chi connectivity index (χ1n) is 23.8. The lowest BCUT2D eigenvalue weighted by Gasteiger charge is -2.41. The molecular formula is C52H80N4O10. The monoisotopic (exact) mass is 921 g/mol. The molecule has 368 valence electrons. The van der Waals surface area contributed by atoms with Gasteiger partial charge >= 0.3 is 11.9 Å². The van der Waals surface area contributed by atoms with E-state index in [-0.39, 0.29) is 72.9 Å². The Labute approximate surface area is 394 Å². The van der Waals surface area contributed by atoms with E-state index in [1.54, 1.807) is 37.8 Å². The molecule has 1 saturated heterocycles. The van der Waals surface area contributed by atoms with Crippen LogP contribution in [0.15, 0.2) is 54.6 Å². The number of Topliss-reactive ketones (excluding diaryl/α,β-unsaturated/α-hetero) is 1. The lowest BCUT2D eigenvalue weighted by atomic mass is 9.83. The summed E-state index contributed by atoms with van der Waals surface area (Å²) in [5, 5.41) is 2.87. The Morgan fingerprint density at radius 1 is 0.818 bits per heavy atom. The smallest absolute Gasteiger partial charge is 0.328 e. The van der Waals surface area contributed by atoms with Gasteiger partial charge in [0.05, 0.1) is 62.8 Å². The highest BCUT2D eigenvalue weighted by atomic mass is 16.5. The van der Waals surface area contributed by atoms with Gasteiger partial charge in [-0.15, -0.1) is 0 Å². The van der Waals surface area contributed by atoms with Gasteiger partial charge in [0.15, 0.2) is 5.78 Å². The van der Waals surface area contributed by atoms with Crippen LogP contribution >= 0.6 is 0 Å². The maximum atomic E-state index is 14.7. The molecule has 0 saturated carbocycles. The lowest BCUT2D eigenvalue weighted by Crippen LogP contribution is -2.55. The van der Waals surface area contributed by atoms with E-state index >= 15 is 0 Å². The zero-order valence-electron chi connectivity index (χ0n) is 42.0. The highest BCUT2D eigenvalue weighted by molar-refractivity contribution is 5.90. The van der Waals surface area contributed by atoms with Crippen LogP contribution in [0.25, 0.3) is 0 Å². The second-order valence-electron chi connectivity index (χ2n) is 18.8. The first-order valence-corrected chi connectivity index (χ1v) is 23.8. The zero-order valence-corrected chi connectivity index (χ0v) is 42.0. The van der Waals surface area contributed by atoms with Gasteiger partial charge in [-0.25, -0.2) is 4.79 Å². The molecule has 0 spiro atoms. The van der Waals surface area contributed by atoms with Gasteiger partial charge in [-0.3, -0.25) is 28.9 Å². The van der Waals surface area contributed by atoms with Crippen LogP contribution < -0.4 is 5.32 Å². The average Bonchev–Trinajstić information content (AvgIpc) is 3.77. The molecule has 1 fully saturated rings. The summed E-state index contributed by atoms with van der Waals surface area (Å²) < 4.78 is 22.2. The van der Waals surface area contributed by atoms with Crippen molar-refractivity contribution in [1.29, 1.82) is 0 Å². The van der Waals surface area contributed by atoms with Crippen LogP contribution in [-0.2, 0) is 67.1 Å². The molecule has 1 heterocycles. The standard InChI is InChI=1S/C52H80N4O10/c1-14-35(7)48(55(10)51(61)40(33(3)4)30-43(57)47(34(5)6)54(9)32-39-24-19-23-38(27-39)29-46(59)66-15-2)44(63-11)31-45(58)56-26-20-25-42(56)49(64-12)36(8)50(60)53-41(52(62)65-13)28-37-21-17-16-18-22-37/h16-19,21-24,27,33-36,40-42,44,47-49H,14-15,20,25-26,28-32H2,1-13H3,(H,53,60)/t35-,36+,40-,41-,42-,44+,47-,48-,49+/m0/s1. The average molecular weight is 921 g/mol. The van der Waals surface area contributed by atoms with Crippen molar-refractivity contribution in [2.24, 2.45) is 29.6 Å². The largest absolute Gasteiger partial charge is 0.467 e. The van der Waals surface area contributed by atoms with Gasteiger partial charge in [0.1, 0.15) is 6.04 Å². The molecule has 2 aromatic carbocycles. The van der Waals surface area contributed by atoms with Crippen molar-refractivity contribution in [3.8, 4) is 0 Å². The Morgan fingerprint density at radius 2 is 1.47 bits per heavy atom. The maximum absolute atomic E-state index is 14.7. The molecule has 0 unspecified atom stereocenters. The van der Waals surface area contributed by atoms with Crippen LogP contribution in [0.4, 0.5) is 0 Å². The number of carbonyl (C=O) groups excluding carboxylic acids is 6. The minimum Gasteiger partial charge on any atom is -0.467 e. The van der Waals surface area contributed by atoms with Crippen LogP contribution in [0.2, 0.25) is 0 Å².